The van der Waals surface area contributed by atoms with E-state index in [4.69, 9.17) is 11.6 Å². The number of carbonyl (C=O) groups excluding carboxylic acids is 1. The van der Waals surface area contributed by atoms with Gasteiger partial charge in [-0.05, 0) is 36.7 Å². The molecule has 3 heterocycles. The first-order valence-electron chi connectivity index (χ1n) is 7.30. The molecule has 0 bridgehead atoms. The smallest absolute Gasteiger partial charge is 0.253 e. The van der Waals surface area contributed by atoms with Crippen LogP contribution in [0.3, 0.4) is 0 Å². The van der Waals surface area contributed by atoms with Gasteiger partial charge in [0.15, 0.2) is 5.69 Å². The molecular formula is C17H13ClN3O2S+. The summed E-state index contributed by atoms with van der Waals surface area (Å²) >= 11 is 6.93. The van der Waals surface area contributed by atoms with E-state index < -0.39 is 11.5 Å². The average molecular weight is 359 g/mol. The molecule has 5 nitrogen and oxygen atoms in total. The van der Waals surface area contributed by atoms with Gasteiger partial charge in [-0.15, -0.1) is 11.3 Å². The lowest BCUT2D eigenvalue weighted by Crippen LogP contribution is -2.23. The Labute approximate surface area is 146 Å². The molecule has 120 valence electrons. The summed E-state index contributed by atoms with van der Waals surface area (Å²) in [5.41, 5.74) is 3.14. The van der Waals surface area contributed by atoms with Gasteiger partial charge in [-0.1, -0.05) is 17.7 Å². The molecule has 0 spiro atoms. The minimum atomic E-state index is -0.821. The van der Waals surface area contributed by atoms with Crippen molar-refractivity contribution < 1.29 is 14.5 Å². The first-order valence-corrected chi connectivity index (χ1v) is 8.49. The van der Waals surface area contributed by atoms with Gasteiger partial charge in [0.25, 0.3) is 5.24 Å². The van der Waals surface area contributed by atoms with Crippen LogP contribution in [0.4, 0.5) is 11.4 Å². The van der Waals surface area contributed by atoms with E-state index in [2.05, 4.69) is 10.3 Å². The second kappa shape index (κ2) is 5.66. The van der Waals surface area contributed by atoms with Gasteiger partial charge in [0.05, 0.1) is 10.9 Å². The van der Waals surface area contributed by atoms with Gasteiger partial charge in [0, 0.05) is 6.20 Å². The molecule has 1 aromatic carbocycles. The van der Waals surface area contributed by atoms with E-state index in [1.165, 1.54) is 17.5 Å². The van der Waals surface area contributed by atoms with E-state index >= 15 is 0 Å². The van der Waals surface area contributed by atoms with Crippen molar-refractivity contribution >= 4 is 56.1 Å². The van der Waals surface area contributed by atoms with Crippen molar-refractivity contribution in [2.24, 2.45) is 0 Å². The molecular weight excluding hydrogens is 346 g/mol. The van der Waals surface area contributed by atoms with Crippen molar-refractivity contribution in [3.05, 3.63) is 52.5 Å². The maximum Gasteiger partial charge on any atom is 0.253 e. The quantitative estimate of drug-likeness (QED) is 0.540. The van der Waals surface area contributed by atoms with E-state index in [9.17, 15) is 9.90 Å². The highest BCUT2D eigenvalue weighted by Crippen LogP contribution is 2.42. The highest BCUT2D eigenvalue weighted by atomic mass is 35.5. The topological polar surface area (TPSA) is 65.2 Å². The SMILES string of the molecule is Cc1ccc([N+]2=CNc3c(sc4ncc(C(=O)Cl)cc34)C2O)cc1. The Bertz CT molecular complexity index is 995. The van der Waals surface area contributed by atoms with Gasteiger partial charge in [-0.3, -0.25) is 4.79 Å². The van der Waals surface area contributed by atoms with Gasteiger partial charge >= 0.3 is 0 Å². The number of nitrogens with zero attached hydrogens (tertiary/aromatic N) is 2. The van der Waals surface area contributed by atoms with Crippen molar-refractivity contribution in [1.29, 1.82) is 0 Å². The zero-order valence-electron chi connectivity index (χ0n) is 12.7. The number of carbonyl (C=O) groups is 1. The average Bonchev–Trinajstić information content (AvgIpc) is 2.95. The van der Waals surface area contributed by atoms with E-state index in [1.54, 1.807) is 17.0 Å². The van der Waals surface area contributed by atoms with Crippen LogP contribution >= 0.6 is 22.9 Å². The normalized spacial score (nSPS) is 16.5. The largest absolute Gasteiger partial charge is 0.351 e. The monoisotopic (exact) mass is 358 g/mol. The van der Waals surface area contributed by atoms with Crippen LogP contribution in [-0.4, -0.2) is 26.2 Å². The molecule has 0 saturated heterocycles. The van der Waals surface area contributed by atoms with Gasteiger partial charge < -0.3 is 5.11 Å². The fourth-order valence-corrected chi connectivity index (χ4v) is 3.88. The number of hydrogen-bond acceptors (Lipinski definition) is 5. The minimum absolute atomic E-state index is 0.335. The molecule has 0 fully saturated rings. The predicted octanol–water partition coefficient (Wildman–Crippen LogP) is 3.77. The molecule has 1 aliphatic heterocycles. The Hall–Kier alpha value is -2.28. The fraction of sp³-hybridized carbons (Fsp3) is 0.118. The van der Waals surface area contributed by atoms with Crippen molar-refractivity contribution in [1.82, 2.24) is 4.98 Å². The lowest BCUT2D eigenvalue weighted by molar-refractivity contribution is -0.541. The number of pyridine rings is 1. The van der Waals surface area contributed by atoms with Crippen molar-refractivity contribution in [2.45, 2.75) is 13.2 Å². The summed E-state index contributed by atoms with van der Waals surface area (Å²) in [4.78, 5) is 17.1. The number of aliphatic hydroxyl groups excluding tert-OH is 1. The highest BCUT2D eigenvalue weighted by molar-refractivity contribution is 7.19. The summed E-state index contributed by atoms with van der Waals surface area (Å²) < 4.78 is 1.75. The van der Waals surface area contributed by atoms with Crippen LogP contribution < -0.4 is 5.32 Å². The number of anilines is 1. The number of aromatic nitrogens is 1. The lowest BCUT2D eigenvalue weighted by Gasteiger charge is -2.17. The van der Waals surface area contributed by atoms with Crippen molar-refractivity contribution in [3.63, 3.8) is 0 Å². The van der Waals surface area contributed by atoms with Crippen LogP contribution in [0.2, 0.25) is 0 Å². The first-order chi connectivity index (χ1) is 11.5. The van der Waals surface area contributed by atoms with Gasteiger partial charge in [0.1, 0.15) is 15.4 Å². The summed E-state index contributed by atoms with van der Waals surface area (Å²) in [6.07, 6.45) is 2.35. The van der Waals surface area contributed by atoms with Crippen LogP contribution in [0.5, 0.6) is 0 Å². The molecule has 1 unspecified atom stereocenters. The number of aliphatic hydroxyl groups is 1. The molecule has 2 N–H and O–H groups in total. The standard InChI is InChI=1S/C17H12ClN3O2S/c1-9-2-4-11(5-3-9)21-8-20-13-12-6-10(15(18)22)7-19-16(12)24-14(13)17(21)23/h2-8,17,23H,1H3/p+1. The maximum absolute atomic E-state index is 11.4. The second-order valence-electron chi connectivity index (χ2n) is 5.58. The number of aryl methyl sites for hydroxylation is 1. The maximum atomic E-state index is 11.4. The van der Waals surface area contributed by atoms with E-state index in [0.29, 0.717) is 5.56 Å². The molecule has 4 rings (SSSR count). The number of nitrogens with one attached hydrogen (secondary N) is 1. The number of hydrogen-bond donors (Lipinski definition) is 2. The highest BCUT2D eigenvalue weighted by Gasteiger charge is 2.32. The Kier molecular flexibility index (Phi) is 3.60. The van der Waals surface area contributed by atoms with Crippen LogP contribution in [-0.2, 0) is 0 Å². The molecule has 3 aromatic rings. The second-order valence-corrected chi connectivity index (χ2v) is 6.96. The van der Waals surface area contributed by atoms with E-state index in [-0.39, 0.29) is 0 Å². The molecule has 0 amide bonds. The van der Waals surface area contributed by atoms with Gasteiger partial charge in [-0.25, -0.2) is 14.9 Å². The lowest BCUT2D eigenvalue weighted by atomic mass is 10.1. The third kappa shape index (κ3) is 2.39. The number of rotatable bonds is 2. The third-order valence-electron chi connectivity index (χ3n) is 3.98. The summed E-state index contributed by atoms with van der Waals surface area (Å²) in [7, 11) is 0. The third-order valence-corrected chi connectivity index (χ3v) is 5.35. The number of benzene rings is 1. The Morgan fingerprint density at radius 3 is 2.83 bits per heavy atom. The number of halogens is 1. The number of thiophene rings is 1. The van der Waals surface area contributed by atoms with Crippen LogP contribution in [0.1, 0.15) is 27.0 Å². The Morgan fingerprint density at radius 2 is 2.12 bits per heavy atom. The van der Waals surface area contributed by atoms with Crippen LogP contribution in [0.25, 0.3) is 10.2 Å². The van der Waals surface area contributed by atoms with E-state index in [1.807, 2.05) is 31.2 Å². The molecule has 24 heavy (non-hydrogen) atoms. The first kappa shape index (κ1) is 15.3. The molecule has 1 atom stereocenters. The fourth-order valence-electron chi connectivity index (χ4n) is 2.70. The zero-order valence-corrected chi connectivity index (χ0v) is 14.2. The molecule has 2 aromatic heterocycles. The van der Waals surface area contributed by atoms with E-state index in [0.717, 1.165) is 32.0 Å². The summed E-state index contributed by atoms with van der Waals surface area (Å²) in [5, 5.41) is 14.2. The molecule has 0 saturated carbocycles. The van der Waals surface area contributed by atoms with Crippen molar-refractivity contribution in [2.75, 3.05) is 5.32 Å². The van der Waals surface area contributed by atoms with Gasteiger partial charge in [0.2, 0.25) is 12.6 Å². The molecule has 1 aliphatic rings. The van der Waals surface area contributed by atoms with Crippen molar-refractivity contribution in [3.8, 4) is 0 Å². The summed E-state index contributed by atoms with van der Waals surface area (Å²) in [6, 6.07) is 9.60. The van der Waals surface area contributed by atoms with Crippen LogP contribution in [0, 0.1) is 6.92 Å². The zero-order chi connectivity index (χ0) is 16.8. The minimum Gasteiger partial charge on any atom is -0.351 e. The number of fused-ring (bicyclic) bond motifs is 3. The Morgan fingerprint density at radius 1 is 1.38 bits per heavy atom. The molecule has 0 aliphatic carbocycles. The molecule has 0 radical (unpaired) electrons. The predicted molar refractivity (Wildman–Crippen MR) is 95.5 cm³/mol. The van der Waals surface area contributed by atoms with Gasteiger partial charge in [-0.2, -0.15) is 0 Å². The summed E-state index contributed by atoms with van der Waals surface area (Å²) in [6.45, 7) is 2.02. The summed E-state index contributed by atoms with van der Waals surface area (Å²) in [5.74, 6) is 0. The Balaban J connectivity index is 1.80. The van der Waals surface area contributed by atoms with Crippen LogP contribution in [0.15, 0.2) is 36.5 Å². The molecule has 7 heteroatoms.